The Morgan fingerprint density at radius 2 is 1.21 bits per heavy atom. The second-order valence-corrected chi connectivity index (χ2v) is 20.3. The number of primary amides is 1. The molecule has 17 N–H and O–H groups in total. The number of guanidine groups is 1. The highest BCUT2D eigenvalue weighted by molar-refractivity contribution is 5.99. The molecule has 0 aliphatic carbocycles. The van der Waals surface area contributed by atoms with E-state index in [-0.39, 0.29) is 43.3 Å². The van der Waals surface area contributed by atoms with Crippen molar-refractivity contribution in [2.24, 2.45) is 29.2 Å². The molecule has 4 aromatic rings. The molecule has 424 valence electrons. The van der Waals surface area contributed by atoms with Crippen molar-refractivity contribution in [3.05, 3.63) is 84.1 Å². The monoisotopic (exact) mass is 1080 g/mol. The summed E-state index contributed by atoms with van der Waals surface area (Å²) < 4.78 is 0. The first-order chi connectivity index (χ1) is 36.8. The molecule has 2 aromatic heterocycles. The Hall–Kier alpha value is -8.35. The van der Waals surface area contributed by atoms with Crippen LogP contribution in [0.25, 0.3) is 10.9 Å². The molecule has 0 saturated carbocycles. The number of fused-ring (bicyclic) bond motifs is 1. The topological polar surface area (TPSA) is 411 Å². The standard InChI is InChI=1S/C53H76N14O11/c1-27(2)19-38(62-48(74)39(20-32-14-16-35(70)17-15-32)63-49(75)41(22-34-25-57-26-60-34)61-46(72)29(5)11-10-18-58-53(55)56)47(73)65-42(23-43(54)71)50(76)64-40(21-33-24-59-37-13-9-8-12-36(33)37)51(77)66-44(28(3)4)52(78)67-45(30(6)68)31(7)69/h8-9,12-17,24-30,38-42,44-45,59,68,70H,10-11,18-23H2,1-7H3,(H2,54,71)(H,57,60)(H,61,72)(H,62,74)(H,63,75)(H,64,76)(H,65,73)(H,66,77)(H,67,78)(H4,55,56,58)/t29-,30+,38-,39?,40-,41-,42-,44-,45-/m0/s1. The number of nitrogens with zero attached hydrogens (tertiary/aromatic N) is 1. The van der Waals surface area contributed by atoms with E-state index in [2.05, 4.69) is 57.5 Å². The number of hydrogen-bond donors (Lipinski definition) is 15. The van der Waals surface area contributed by atoms with Gasteiger partial charge in [0.15, 0.2) is 11.7 Å². The van der Waals surface area contributed by atoms with Crippen LogP contribution in [-0.4, -0.2) is 139 Å². The van der Waals surface area contributed by atoms with Gasteiger partial charge in [-0.2, -0.15) is 0 Å². The number of imidazole rings is 1. The Morgan fingerprint density at radius 3 is 1.78 bits per heavy atom. The average molecular weight is 1090 g/mol. The fraction of sp³-hybridized carbons (Fsp3) is 0.491. The van der Waals surface area contributed by atoms with Gasteiger partial charge in [0, 0.05) is 55.0 Å². The highest BCUT2D eigenvalue weighted by Crippen LogP contribution is 2.20. The molecule has 25 heteroatoms. The van der Waals surface area contributed by atoms with Gasteiger partial charge in [0.05, 0.1) is 24.5 Å². The Kier molecular flexibility index (Phi) is 23.8. The quantitative estimate of drug-likeness (QED) is 0.0171. The fourth-order valence-electron chi connectivity index (χ4n) is 8.50. The van der Waals surface area contributed by atoms with Gasteiger partial charge in [-0.05, 0) is 74.3 Å². The van der Waals surface area contributed by atoms with Crippen LogP contribution in [0.3, 0.4) is 0 Å². The summed E-state index contributed by atoms with van der Waals surface area (Å²) in [6.45, 7) is 11.3. The average Bonchev–Trinajstić information content (AvgIpc) is 4.05. The summed E-state index contributed by atoms with van der Waals surface area (Å²) in [5, 5.41) is 49.5. The zero-order valence-electron chi connectivity index (χ0n) is 45.0. The molecule has 0 aliphatic rings. The molecule has 1 unspecified atom stereocenters. The van der Waals surface area contributed by atoms with Crippen LogP contribution in [0.1, 0.15) is 91.0 Å². The number of ketones is 1. The highest BCUT2D eigenvalue weighted by atomic mass is 16.3. The number of nitrogens with two attached hydrogens (primary N) is 2. The van der Waals surface area contributed by atoms with E-state index in [0.717, 1.165) is 0 Å². The van der Waals surface area contributed by atoms with E-state index in [1.807, 2.05) is 0 Å². The molecular formula is C53H76N14O11. The summed E-state index contributed by atoms with van der Waals surface area (Å²) in [5.74, 6) is -8.94. The molecule has 4 rings (SSSR count). The number of aliphatic hydroxyl groups excluding tert-OH is 1. The predicted molar refractivity (Wildman–Crippen MR) is 288 cm³/mol. The van der Waals surface area contributed by atoms with E-state index in [1.54, 1.807) is 71.3 Å². The molecule has 0 bridgehead atoms. The molecule has 78 heavy (non-hydrogen) atoms. The number of phenols is 1. The molecule has 8 amide bonds. The van der Waals surface area contributed by atoms with Gasteiger partial charge in [0.1, 0.15) is 48.0 Å². The van der Waals surface area contributed by atoms with Gasteiger partial charge in [0.2, 0.25) is 47.3 Å². The number of hydrogen-bond acceptors (Lipinski definition) is 13. The van der Waals surface area contributed by atoms with Gasteiger partial charge in [-0.1, -0.05) is 65.0 Å². The molecule has 0 radical (unpaired) electrons. The third-order valence-corrected chi connectivity index (χ3v) is 12.8. The number of carbonyl (C=O) groups is 9. The number of nitrogens with one attached hydrogen (secondary N) is 11. The Morgan fingerprint density at radius 1 is 0.654 bits per heavy atom. The van der Waals surface area contributed by atoms with Crippen LogP contribution < -0.4 is 54.0 Å². The van der Waals surface area contributed by atoms with E-state index < -0.39 is 120 Å². The van der Waals surface area contributed by atoms with Crippen molar-refractivity contribution in [3.63, 3.8) is 0 Å². The Balaban J connectivity index is 1.63. The third-order valence-electron chi connectivity index (χ3n) is 12.8. The molecule has 0 spiro atoms. The fourth-order valence-corrected chi connectivity index (χ4v) is 8.50. The predicted octanol–water partition coefficient (Wildman–Crippen LogP) is -0.535. The maximum absolute atomic E-state index is 14.5. The van der Waals surface area contributed by atoms with Crippen molar-refractivity contribution >= 4 is 69.9 Å². The minimum absolute atomic E-state index is 0.0240. The summed E-state index contributed by atoms with van der Waals surface area (Å²) in [7, 11) is 0. The van der Waals surface area contributed by atoms with E-state index in [4.69, 9.17) is 16.9 Å². The van der Waals surface area contributed by atoms with Crippen molar-refractivity contribution in [1.82, 2.24) is 57.5 Å². The molecule has 2 heterocycles. The molecular weight excluding hydrogens is 1010 g/mol. The zero-order chi connectivity index (χ0) is 57.8. The van der Waals surface area contributed by atoms with Gasteiger partial charge in [0.25, 0.3) is 0 Å². The van der Waals surface area contributed by atoms with Gasteiger partial charge in [-0.25, -0.2) is 4.98 Å². The number of Topliss-reactive ketones (excluding diaryl/α,β-unsaturated/α-hetero) is 1. The maximum atomic E-state index is 14.5. The lowest BCUT2D eigenvalue weighted by atomic mass is 9.99. The SMILES string of the molecule is CC(=O)[C@@H](NC(=O)[C@@H](NC(=O)[C@H](Cc1c[nH]c2ccccc12)NC(=O)[C@H](CC(N)=O)NC(=O)[C@H](CC(C)C)NC(=O)C(Cc1ccc(O)cc1)NC(=O)[C@H](Cc1c[nH]cn1)NC(=O)[C@@H](C)CCCNC(=N)N)C(C)C)[C@@H](C)O. The van der Waals surface area contributed by atoms with Gasteiger partial charge in [-0.15, -0.1) is 0 Å². The van der Waals surface area contributed by atoms with Crippen LogP contribution in [0.4, 0.5) is 0 Å². The number of H-pyrrole nitrogens is 2. The zero-order valence-corrected chi connectivity index (χ0v) is 45.0. The van der Waals surface area contributed by atoms with Gasteiger partial charge < -0.3 is 74.2 Å². The van der Waals surface area contributed by atoms with Crippen molar-refractivity contribution in [1.29, 1.82) is 5.41 Å². The number of phenolic OH excluding ortho intramolecular Hbond substituents is 1. The lowest BCUT2D eigenvalue weighted by Gasteiger charge is -2.29. The number of aliphatic hydroxyl groups is 1. The number of carbonyl (C=O) groups excluding carboxylic acids is 9. The molecule has 0 fully saturated rings. The van der Waals surface area contributed by atoms with Crippen molar-refractivity contribution < 1.29 is 53.4 Å². The van der Waals surface area contributed by atoms with Crippen LogP contribution in [0.2, 0.25) is 0 Å². The Labute approximate surface area is 452 Å². The lowest BCUT2D eigenvalue weighted by molar-refractivity contribution is -0.137. The summed E-state index contributed by atoms with van der Waals surface area (Å²) >= 11 is 0. The third kappa shape index (κ3) is 19.7. The second kappa shape index (κ2) is 29.8. The molecule has 9 atom stereocenters. The van der Waals surface area contributed by atoms with Crippen LogP contribution in [-0.2, 0) is 62.4 Å². The van der Waals surface area contributed by atoms with Crippen LogP contribution in [0.5, 0.6) is 5.75 Å². The first-order valence-electron chi connectivity index (χ1n) is 25.8. The second-order valence-electron chi connectivity index (χ2n) is 20.3. The van der Waals surface area contributed by atoms with E-state index in [0.29, 0.717) is 47.1 Å². The summed E-state index contributed by atoms with van der Waals surface area (Å²) in [6, 6.07) is 3.19. The lowest BCUT2D eigenvalue weighted by Crippen LogP contribution is -2.61. The maximum Gasteiger partial charge on any atom is 0.243 e. The molecule has 2 aromatic carbocycles. The van der Waals surface area contributed by atoms with E-state index in [9.17, 15) is 53.4 Å². The smallest absolute Gasteiger partial charge is 0.243 e. The molecule has 25 nitrogen and oxygen atoms in total. The number of aromatic nitrogens is 3. The van der Waals surface area contributed by atoms with Gasteiger partial charge >= 0.3 is 0 Å². The number of para-hydroxylation sites is 1. The number of amides is 8. The normalized spacial score (nSPS) is 14.7. The van der Waals surface area contributed by atoms with Crippen molar-refractivity contribution in [2.75, 3.05) is 6.54 Å². The number of aromatic amines is 2. The summed E-state index contributed by atoms with van der Waals surface area (Å²) in [4.78, 5) is 134. The highest BCUT2D eigenvalue weighted by Gasteiger charge is 2.36. The first-order valence-corrected chi connectivity index (χ1v) is 25.8. The molecule has 0 aliphatic heterocycles. The van der Waals surface area contributed by atoms with E-state index >= 15 is 0 Å². The minimum atomic E-state index is -1.72. The van der Waals surface area contributed by atoms with Crippen LogP contribution in [0.15, 0.2) is 67.3 Å². The van der Waals surface area contributed by atoms with E-state index in [1.165, 1.54) is 44.4 Å². The minimum Gasteiger partial charge on any atom is -0.508 e. The number of benzene rings is 2. The van der Waals surface area contributed by atoms with Crippen molar-refractivity contribution in [2.45, 2.75) is 142 Å². The molecule has 0 saturated heterocycles. The van der Waals surface area contributed by atoms with Crippen LogP contribution in [0, 0.1) is 23.2 Å². The van der Waals surface area contributed by atoms with Crippen LogP contribution >= 0.6 is 0 Å². The van der Waals surface area contributed by atoms with Crippen molar-refractivity contribution in [3.8, 4) is 5.75 Å². The largest absolute Gasteiger partial charge is 0.508 e. The summed E-state index contributed by atoms with van der Waals surface area (Å²) in [6.07, 6.45) is 2.99. The number of rotatable bonds is 31. The Bertz CT molecular complexity index is 2710. The number of aromatic hydroxyl groups is 1. The van der Waals surface area contributed by atoms with Gasteiger partial charge in [-0.3, -0.25) is 48.6 Å². The first kappa shape index (κ1) is 62.2. The summed E-state index contributed by atoms with van der Waals surface area (Å²) in [5.41, 5.74) is 13.2.